The third kappa shape index (κ3) is 3.71. The lowest BCUT2D eigenvalue weighted by Gasteiger charge is -2.26. The van der Waals surface area contributed by atoms with Crippen LogP contribution in [0.1, 0.15) is 31.7 Å². The average Bonchev–Trinajstić information content (AvgIpc) is 2.75. The lowest BCUT2D eigenvalue weighted by Crippen LogP contribution is -2.38. The molecule has 0 bridgehead atoms. The third-order valence-corrected chi connectivity index (χ3v) is 4.93. The van der Waals surface area contributed by atoms with Crippen LogP contribution in [0.2, 0.25) is 0 Å². The molecule has 1 amide bonds. The Morgan fingerprint density at radius 3 is 2.76 bits per heavy atom. The largest absolute Gasteiger partial charge is 0.496 e. The predicted octanol–water partition coefficient (Wildman–Crippen LogP) is 2.66. The summed E-state index contributed by atoms with van der Waals surface area (Å²) in [5.41, 5.74) is 1.08. The number of methoxy groups -OCH3 is 1. The number of ether oxygens (including phenoxy) is 1. The summed E-state index contributed by atoms with van der Waals surface area (Å²) in [6.07, 6.45) is 0. The predicted molar refractivity (Wildman–Crippen MR) is 87.6 cm³/mol. The zero-order valence-corrected chi connectivity index (χ0v) is 13.9. The summed E-state index contributed by atoms with van der Waals surface area (Å²) >= 11 is 1.69. The van der Waals surface area contributed by atoms with Gasteiger partial charge in [-0.3, -0.25) is 4.79 Å². The van der Waals surface area contributed by atoms with Crippen molar-refractivity contribution >= 4 is 17.7 Å². The first-order valence-corrected chi connectivity index (χ1v) is 8.31. The highest BCUT2D eigenvalue weighted by Crippen LogP contribution is 2.45. The van der Waals surface area contributed by atoms with Crippen LogP contribution in [0.4, 0.5) is 0 Å². The van der Waals surface area contributed by atoms with Gasteiger partial charge in [-0.1, -0.05) is 32.0 Å². The van der Waals surface area contributed by atoms with Crippen LogP contribution in [0.3, 0.4) is 0 Å². The number of carbonyl (C=O) groups excluding carboxylic acids is 1. The Labute approximate surface area is 131 Å². The standard InChI is InChI=1S/C16H24N2O2S/c1-11(2)17-9-10-18-15(19)12(3)21-16(18)13-7-5-6-8-14(13)20-4/h5-8,11-12,16-17H,9-10H2,1-4H3/t12-,16+/m1/s1. The summed E-state index contributed by atoms with van der Waals surface area (Å²) in [4.78, 5) is 14.4. The van der Waals surface area contributed by atoms with E-state index < -0.39 is 0 Å². The molecular formula is C16H24N2O2S. The molecule has 0 aliphatic carbocycles. The normalized spacial score (nSPS) is 22.1. The maximum atomic E-state index is 12.4. The van der Waals surface area contributed by atoms with Crippen molar-refractivity contribution in [1.82, 2.24) is 10.2 Å². The number of hydrogen-bond donors (Lipinski definition) is 1. The van der Waals surface area contributed by atoms with E-state index in [0.29, 0.717) is 6.04 Å². The Morgan fingerprint density at radius 2 is 2.10 bits per heavy atom. The summed E-state index contributed by atoms with van der Waals surface area (Å²) in [6.45, 7) is 7.73. The molecule has 1 fully saturated rings. The first-order valence-electron chi connectivity index (χ1n) is 7.36. The number of thioether (sulfide) groups is 1. The Morgan fingerprint density at radius 1 is 1.38 bits per heavy atom. The molecule has 1 N–H and O–H groups in total. The second-order valence-electron chi connectivity index (χ2n) is 5.51. The van der Waals surface area contributed by atoms with E-state index in [1.165, 1.54) is 0 Å². The van der Waals surface area contributed by atoms with Gasteiger partial charge in [0, 0.05) is 24.7 Å². The number of nitrogens with one attached hydrogen (secondary N) is 1. The molecule has 2 rings (SSSR count). The van der Waals surface area contributed by atoms with Crippen LogP contribution in [0.25, 0.3) is 0 Å². The van der Waals surface area contributed by atoms with Gasteiger partial charge in [0.25, 0.3) is 0 Å². The van der Waals surface area contributed by atoms with Crippen molar-refractivity contribution in [3.05, 3.63) is 29.8 Å². The molecule has 4 nitrogen and oxygen atoms in total. The van der Waals surface area contributed by atoms with Crippen LogP contribution >= 0.6 is 11.8 Å². The molecule has 1 aromatic rings. The molecule has 1 aliphatic heterocycles. The minimum absolute atomic E-state index is 0.000961. The molecule has 0 saturated carbocycles. The molecule has 116 valence electrons. The van der Waals surface area contributed by atoms with E-state index in [1.54, 1.807) is 18.9 Å². The Hall–Kier alpha value is -1.20. The van der Waals surface area contributed by atoms with Gasteiger partial charge in [-0.05, 0) is 13.0 Å². The van der Waals surface area contributed by atoms with Gasteiger partial charge in [0.15, 0.2) is 0 Å². The van der Waals surface area contributed by atoms with Crippen molar-refractivity contribution in [3.8, 4) is 5.75 Å². The molecular weight excluding hydrogens is 284 g/mol. The minimum Gasteiger partial charge on any atom is -0.496 e. The van der Waals surface area contributed by atoms with Gasteiger partial charge >= 0.3 is 0 Å². The number of rotatable bonds is 6. The lowest BCUT2D eigenvalue weighted by atomic mass is 10.1. The van der Waals surface area contributed by atoms with Gasteiger partial charge in [-0.2, -0.15) is 0 Å². The summed E-state index contributed by atoms with van der Waals surface area (Å²) in [7, 11) is 1.67. The molecule has 0 aromatic heterocycles. The second-order valence-corrected chi connectivity index (χ2v) is 6.94. The number of amides is 1. The molecule has 1 saturated heterocycles. The third-order valence-electron chi connectivity index (χ3n) is 3.56. The summed E-state index contributed by atoms with van der Waals surface area (Å²) in [6, 6.07) is 8.38. The Kier molecular flexibility index (Phi) is 5.53. The van der Waals surface area contributed by atoms with Gasteiger partial charge in [0.2, 0.25) is 5.91 Å². The van der Waals surface area contributed by atoms with E-state index >= 15 is 0 Å². The van der Waals surface area contributed by atoms with Gasteiger partial charge < -0.3 is 15.0 Å². The maximum Gasteiger partial charge on any atom is 0.236 e. The average molecular weight is 308 g/mol. The molecule has 0 unspecified atom stereocenters. The monoisotopic (exact) mass is 308 g/mol. The molecule has 0 spiro atoms. The summed E-state index contributed by atoms with van der Waals surface area (Å²) in [5.74, 6) is 1.06. The number of carbonyl (C=O) groups is 1. The van der Waals surface area contributed by atoms with E-state index in [9.17, 15) is 4.79 Å². The molecule has 1 heterocycles. The van der Waals surface area contributed by atoms with Gasteiger partial charge in [0.05, 0.1) is 12.4 Å². The fourth-order valence-electron chi connectivity index (χ4n) is 2.49. The van der Waals surface area contributed by atoms with E-state index in [1.807, 2.05) is 36.1 Å². The molecule has 0 radical (unpaired) electrons. The Balaban J connectivity index is 2.17. The highest BCUT2D eigenvalue weighted by molar-refractivity contribution is 8.01. The van der Waals surface area contributed by atoms with Crippen molar-refractivity contribution in [1.29, 1.82) is 0 Å². The highest BCUT2D eigenvalue weighted by atomic mass is 32.2. The SMILES string of the molecule is COc1ccccc1[C@@H]1S[C@H](C)C(=O)N1CCNC(C)C. The van der Waals surface area contributed by atoms with Crippen molar-refractivity contribution in [2.45, 2.75) is 37.4 Å². The quantitative estimate of drug-likeness (QED) is 0.877. The summed E-state index contributed by atoms with van der Waals surface area (Å²) in [5, 5.41) is 3.41. The number of benzene rings is 1. The van der Waals surface area contributed by atoms with E-state index in [0.717, 1.165) is 24.4 Å². The molecule has 1 aromatic carbocycles. The molecule has 2 atom stereocenters. The molecule has 21 heavy (non-hydrogen) atoms. The first kappa shape index (κ1) is 16.2. The van der Waals surface area contributed by atoms with Crippen LogP contribution in [0.5, 0.6) is 5.75 Å². The van der Waals surface area contributed by atoms with Gasteiger partial charge in [-0.25, -0.2) is 0 Å². The van der Waals surface area contributed by atoms with Crippen LogP contribution in [-0.2, 0) is 4.79 Å². The van der Waals surface area contributed by atoms with Gasteiger partial charge in [0.1, 0.15) is 11.1 Å². The summed E-state index contributed by atoms with van der Waals surface area (Å²) < 4.78 is 5.45. The van der Waals surface area contributed by atoms with Crippen molar-refractivity contribution in [2.75, 3.05) is 20.2 Å². The maximum absolute atomic E-state index is 12.4. The van der Waals surface area contributed by atoms with Crippen molar-refractivity contribution < 1.29 is 9.53 Å². The van der Waals surface area contributed by atoms with E-state index in [-0.39, 0.29) is 16.5 Å². The zero-order chi connectivity index (χ0) is 15.4. The zero-order valence-electron chi connectivity index (χ0n) is 13.1. The fourth-order valence-corrected chi connectivity index (χ4v) is 3.82. The molecule has 5 heteroatoms. The smallest absolute Gasteiger partial charge is 0.236 e. The van der Waals surface area contributed by atoms with Crippen molar-refractivity contribution in [3.63, 3.8) is 0 Å². The highest BCUT2D eigenvalue weighted by Gasteiger charge is 2.39. The first-order chi connectivity index (χ1) is 10.0. The van der Waals surface area contributed by atoms with Crippen molar-refractivity contribution in [2.24, 2.45) is 0 Å². The van der Waals surface area contributed by atoms with E-state index in [2.05, 4.69) is 19.2 Å². The lowest BCUT2D eigenvalue weighted by molar-refractivity contribution is -0.129. The minimum atomic E-state index is -0.000961. The topological polar surface area (TPSA) is 41.6 Å². The van der Waals surface area contributed by atoms with E-state index in [4.69, 9.17) is 4.74 Å². The number of nitrogens with zero attached hydrogens (tertiary/aromatic N) is 1. The van der Waals surface area contributed by atoms with Gasteiger partial charge in [-0.15, -0.1) is 11.8 Å². The second kappa shape index (κ2) is 7.18. The Bertz CT molecular complexity index is 493. The van der Waals surface area contributed by atoms with Crippen LogP contribution in [0.15, 0.2) is 24.3 Å². The number of para-hydroxylation sites is 1. The van der Waals surface area contributed by atoms with Crippen LogP contribution in [-0.4, -0.2) is 42.3 Å². The van der Waals surface area contributed by atoms with Crippen LogP contribution in [0, 0.1) is 0 Å². The number of hydrogen-bond acceptors (Lipinski definition) is 4. The molecule has 1 aliphatic rings. The fraction of sp³-hybridized carbons (Fsp3) is 0.562. The van der Waals surface area contributed by atoms with Crippen LogP contribution < -0.4 is 10.1 Å².